The van der Waals surface area contributed by atoms with Crippen molar-refractivity contribution < 1.29 is 18.7 Å². The maximum atomic E-state index is 14.9. The van der Waals surface area contributed by atoms with Gasteiger partial charge in [0.15, 0.2) is 16.6 Å². The number of aromatic amines is 1. The number of nitrogens with two attached hydrogens (primary N) is 1. The lowest BCUT2D eigenvalue weighted by atomic mass is 10.0. The number of benzene rings is 1. The number of thiazole rings is 1. The summed E-state index contributed by atoms with van der Waals surface area (Å²) in [6.07, 6.45) is 5.20. The number of hydrogen-bond acceptors (Lipinski definition) is 7. The Kier molecular flexibility index (Phi) is 6.66. The van der Waals surface area contributed by atoms with Gasteiger partial charge in [0.05, 0.1) is 11.4 Å². The summed E-state index contributed by atoms with van der Waals surface area (Å²) in [5.41, 5.74) is 8.39. The standard InChI is InChI=1S/C25H25FN6O3S/c1-15-14-30-22-21(15)20(4-5-28-22)35-19-3-2-16(12-17(19)26)13-18(27)24(33)31-7-9-32(10-8-31)25(34)23-29-6-11-36-23/h2-6,11-12,14,18H,7-10,13,27H2,1H3,(H,28,30). The van der Waals surface area contributed by atoms with Crippen LogP contribution in [0.1, 0.15) is 20.9 Å². The Balaban J connectivity index is 1.19. The summed E-state index contributed by atoms with van der Waals surface area (Å²) in [4.78, 5) is 40.0. The molecule has 3 N–H and O–H groups in total. The number of carbonyl (C=O) groups excluding carboxylic acids is 2. The lowest BCUT2D eigenvalue weighted by Crippen LogP contribution is -2.54. The molecule has 11 heteroatoms. The molecule has 4 aromatic rings. The Labute approximate surface area is 210 Å². The molecule has 5 rings (SSSR count). The fourth-order valence-corrected chi connectivity index (χ4v) is 4.91. The second kappa shape index (κ2) is 10.0. The van der Waals surface area contributed by atoms with Crippen molar-refractivity contribution in [2.45, 2.75) is 19.4 Å². The molecule has 1 aliphatic heterocycles. The molecule has 0 aliphatic carbocycles. The van der Waals surface area contributed by atoms with Gasteiger partial charge in [0.1, 0.15) is 11.4 Å². The molecular formula is C25H25FN6O3S. The summed E-state index contributed by atoms with van der Waals surface area (Å²) >= 11 is 1.30. The number of ether oxygens (including phenoxy) is 1. The number of carbonyl (C=O) groups is 2. The van der Waals surface area contributed by atoms with E-state index in [1.165, 1.54) is 17.4 Å². The van der Waals surface area contributed by atoms with Crippen molar-refractivity contribution in [1.29, 1.82) is 0 Å². The Morgan fingerprint density at radius 2 is 1.92 bits per heavy atom. The van der Waals surface area contributed by atoms with E-state index in [0.717, 1.165) is 10.9 Å². The van der Waals surface area contributed by atoms with Crippen molar-refractivity contribution in [1.82, 2.24) is 24.8 Å². The van der Waals surface area contributed by atoms with Crippen LogP contribution in [-0.4, -0.2) is 68.8 Å². The van der Waals surface area contributed by atoms with Crippen LogP contribution in [0.15, 0.2) is 48.2 Å². The number of nitrogens with one attached hydrogen (secondary N) is 1. The average molecular weight is 509 g/mol. The van der Waals surface area contributed by atoms with Gasteiger partial charge in [0.25, 0.3) is 5.91 Å². The van der Waals surface area contributed by atoms with E-state index in [1.807, 2.05) is 13.1 Å². The van der Waals surface area contributed by atoms with Gasteiger partial charge in [-0.15, -0.1) is 11.3 Å². The van der Waals surface area contributed by atoms with Crippen LogP contribution in [0.3, 0.4) is 0 Å². The summed E-state index contributed by atoms with van der Waals surface area (Å²) in [6, 6.07) is 5.46. The topological polar surface area (TPSA) is 117 Å². The smallest absolute Gasteiger partial charge is 0.282 e. The highest BCUT2D eigenvalue weighted by molar-refractivity contribution is 7.11. The van der Waals surface area contributed by atoms with Gasteiger partial charge in [-0.3, -0.25) is 9.59 Å². The maximum absolute atomic E-state index is 14.9. The van der Waals surface area contributed by atoms with Crippen molar-refractivity contribution in [3.63, 3.8) is 0 Å². The molecule has 4 heterocycles. The predicted molar refractivity (Wildman–Crippen MR) is 134 cm³/mol. The SMILES string of the molecule is Cc1c[nH]c2nccc(Oc3ccc(CC(N)C(=O)N4CCN(C(=O)c5nccs5)CC4)cc3F)c12. The average Bonchev–Trinajstić information content (AvgIpc) is 3.56. The molecule has 1 atom stereocenters. The van der Waals surface area contributed by atoms with Crippen molar-refractivity contribution in [3.8, 4) is 11.5 Å². The van der Waals surface area contributed by atoms with Gasteiger partial charge in [0.2, 0.25) is 5.91 Å². The van der Waals surface area contributed by atoms with Crippen LogP contribution in [0, 0.1) is 12.7 Å². The quantitative estimate of drug-likeness (QED) is 0.413. The number of amides is 2. The molecule has 1 aromatic carbocycles. The summed E-state index contributed by atoms with van der Waals surface area (Å²) in [6.45, 7) is 3.54. The normalized spacial score (nSPS) is 14.8. The van der Waals surface area contributed by atoms with Gasteiger partial charge in [-0.2, -0.15) is 0 Å². The van der Waals surface area contributed by atoms with E-state index in [9.17, 15) is 14.0 Å². The van der Waals surface area contributed by atoms with E-state index in [0.29, 0.717) is 48.1 Å². The summed E-state index contributed by atoms with van der Waals surface area (Å²) in [5, 5.41) is 2.99. The van der Waals surface area contributed by atoms with Gasteiger partial charge in [-0.05, 0) is 42.7 Å². The zero-order valence-corrected chi connectivity index (χ0v) is 20.4. The van der Waals surface area contributed by atoms with E-state index >= 15 is 0 Å². The zero-order valence-electron chi connectivity index (χ0n) is 19.6. The fraction of sp³-hybridized carbons (Fsp3) is 0.280. The van der Waals surface area contributed by atoms with Gasteiger partial charge in [0, 0.05) is 50.1 Å². The highest BCUT2D eigenvalue weighted by Crippen LogP contribution is 2.32. The van der Waals surface area contributed by atoms with E-state index in [-0.39, 0.29) is 24.0 Å². The Hall–Kier alpha value is -3.83. The Bertz CT molecular complexity index is 1400. The minimum atomic E-state index is -0.820. The number of aryl methyl sites for hydroxylation is 1. The molecule has 1 fully saturated rings. The minimum absolute atomic E-state index is 0.0766. The maximum Gasteiger partial charge on any atom is 0.282 e. The molecule has 2 amide bonds. The summed E-state index contributed by atoms with van der Waals surface area (Å²) in [7, 11) is 0. The second-order valence-electron chi connectivity index (χ2n) is 8.64. The molecule has 0 bridgehead atoms. The van der Waals surface area contributed by atoms with Crippen LogP contribution >= 0.6 is 11.3 Å². The molecule has 9 nitrogen and oxygen atoms in total. The monoisotopic (exact) mass is 508 g/mol. The number of piperazine rings is 1. The third-order valence-corrected chi connectivity index (χ3v) is 6.98. The van der Waals surface area contributed by atoms with E-state index in [2.05, 4.69) is 15.0 Å². The first kappa shape index (κ1) is 23.9. The number of hydrogen-bond donors (Lipinski definition) is 2. The highest BCUT2D eigenvalue weighted by atomic mass is 32.1. The van der Waals surface area contributed by atoms with Gasteiger partial charge >= 0.3 is 0 Å². The van der Waals surface area contributed by atoms with Crippen molar-refractivity contribution in [3.05, 3.63) is 70.2 Å². The third kappa shape index (κ3) is 4.79. The lowest BCUT2D eigenvalue weighted by Gasteiger charge is -2.35. The number of nitrogens with zero attached hydrogens (tertiary/aromatic N) is 4. The molecular weight excluding hydrogens is 483 g/mol. The number of rotatable bonds is 6. The van der Waals surface area contributed by atoms with E-state index in [1.54, 1.807) is 45.8 Å². The zero-order chi connectivity index (χ0) is 25.2. The first-order valence-electron chi connectivity index (χ1n) is 11.5. The van der Waals surface area contributed by atoms with Crippen LogP contribution in [0.4, 0.5) is 4.39 Å². The molecule has 1 unspecified atom stereocenters. The first-order valence-corrected chi connectivity index (χ1v) is 12.4. The highest BCUT2D eigenvalue weighted by Gasteiger charge is 2.28. The molecule has 1 saturated heterocycles. The van der Waals surface area contributed by atoms with Crippen LogP contribution in [0.25, 0.3) is 11.0 Å². The minimum Gasteiger partial charge on any atom is -0.453 e. The van der Waals surface area contributed by atoms with Crippen LogP contribution in [-0.2, 0) is 11.2 Å². The van der Waals surface area contributed by atoms with Gasteiger partial charge < -0.3 is 25.3 Å². The van der Waals surface area contributed by atoms with Gasteiger partial charge in [-0.25, -0.2) is 14.4 Å². The van der Waals surface area contributed by atoms with Gasteiger partial charge in [-0.1, -0.05) is 6.07 Å². The predicted octanol–water partition coefficient (Wildman–Crippen LogP) is 3.11. The molecule has 36 heavy (non-hydrogen) atoms. The molecule has 3 aromatic heterocycles. The Morgan fingerprint density at radius 1 is 1.14 bits per heavy atom. The fourth-order valence-electron chi connectivity index (χ4n) is 4.31. The lowest BCUT2D eigenvalue weighted by molar-refractivity contribution is -0.134. The van der Waals surface area contributed by atoms with Crippen LogP contribution < -0.4 is 10.5 Å². The third-order valence-electron chi connectivity index (χ3n) is 6.22. The summed E-state index contributed by atoms with van der Waals surface area (Å²) in [5.74, 6) is -0.310. The van der Waals surface area contributed by atoms with Crippen molar-refractivity contribution in [2.75, 3.05) is 26.2 Å². The molecule has 0 spiro atoms. The largest absolute Gasteiger partial charge is 0.453 e. The molecule has 1 aliphatic rings. The van der Waals surface area contributed by atoms with Crippen LogP contribution in [0.5, 0.6) is 11.5 Å². The van der Waals surface area contributed by atoms with E-state index < -0.39 is 11.9 Å². The number of H-pyrrole nitrogens is 1. The Morgan fingerprint density at radius 3 is 2.64 bits per heavy atom. The summed E-state index contributed by atoms with van der Waals surface area (Å²) < 4.78 is 20.7. The first-order chi connectivity index (χ1) is 17.4. The van der Waals surface area contributed by atoms with Crippen molar-refractivity contribution >= 4 is 34.2 Å². The number of fused-ring (bicyclic) bond motifs is 1. The van der Waals surface area contributed by atoms with Crippen molar-refractivity contribution in [2.24, 2.45) is 5.73 Å². The molecule has 186 valence electrons. The molecule has 0 saturated carbocycles. The second-order valence-corrected chi connectivity index (χ2v) is 9.53. The van der Waals surface area contributed by atoms with E-state index in [4.69, 9.17) is 10.5 Å². The number of halogens is 1. The van der Waals surface area contributed by atoms with Crippen LogP contribution in [0.2, 0.25) is 0 Å². The molecule has 0 radical (unpaired) electrons. The number of pyridine rings is 1. The number of aromatic nitrogens is 3.